The number of aromatic nitrogens is 1. The molecule has 4 rings (SSSR count). The molecule has 1 unspecified atom stereocenters. The molecule has 1 aliphatic rings. The lowest BCUT2D eigenvalue weighted by atomic mass is 10.0. The van der Waals surface area contributed by atoms with Gasteiger partial charge in [-0.15, -0.1) is 0 Å². The highest BCUT2D eigenvalue weighted by Crippen LogP contribution is 2.34. The van der Waals surface area contributed by atoms with Gasteiger partial charge in [0, 0.05) is 30.2 Å². The first kappa shape index (κ1) is 27.0. The lowest BCUT2D eigenvalue weighted by molar-refractivity contribution is 0.0986. The Morgan fingerprint density at radius 2 is 1.92 bits per heavy atom. The monoisotopic (exact) mass is 548 g/mol. The SMILES string of the molecule is Cc1cc(Cl)cc2sc(N(CCCN(C)C)C(=O)c3ccc(S(=O)(=O)N4CCCC(C)C4)cc3)nc12. The molecule has 36 heavy (non-hydrogen) atoms. The third-order valence-electron chi connectivity index (χ3n) is 6.46. The number of aryl methyl sites for hydroxylation is 1. The molecule has 2 aromatic carbocycles. The van der Waals surface area contributed by atoms with Crippen LogP contribution in [0.5, 0.6) is 0 Å². The maximum absolute atomic E-state index is 13.6. The van der Waals surface area contributed by atoms with Crippen LogP contribution in [-0.4, -0.2) is 68.8 Å². The van der Waals surface area contributed by atoms with Crippen molar-refractivity contribution in [2.75, 3.05) is 45.2 Å². The predicted octanol–water partition coefficient (Wildman–Crippen LogP) is 5.28. The molecule has 10 heteroatoms. The molecule has 3 aromatic rings. The summed E-state index contributed by atoms with van der Waals surface area (Å²) >= 11 is 7.68. The average Bonchev–Trinajstić information content (AvgIpc) is 3.25. The number of anilines is 1. The highest BCUT2D eigenvalue weighted by Gasteiger charge is 2.29. The second-order valence-corrected chi connectivity index (χ2v) is 13.2. The molecule has 1 aliphatic heterocycles. The van der Waals surface area contributed by atoms with Crippen molar-refractivity contribution in [1.29, 1.82) is 0 Å². The van der Waals surface area contributed by atoms with E-state index in [9.17, 15) is 13.2 Å². The molecular formula is C26H33ClN4O3S2. The fourth-order valence-corrected chi connectivity index (χ4v) is 7.57. The van der Waals surface area contributed by atoms with Gasteiger partial charge in [0.25, 0.3) is 5.91 Å². The average molecular weight is 549 g/mol. The molecule has 7 nitrogen and oxygen atoms in total. The number of carbonyl (C=O) groups is 1. The summed E-state index contributed by atoms with van der Waals surface area (Å²) in [5.74, 6) is 0.143. The molecule has 0 radical (unpaired) electrons. The summed E-state index contributed by atoms with van der Waals surface area (Å²) < 4.78 is 28.8. The molecule has 2 heterocycles. The Labute approximate surface area is 222 Å². The van der Waals surface area contributed by atoms with E-state index in [1.165, 1.54) is 11.3 Å². The number of carbonyl (C=O) groups excluding carboxylic acids is 1. The summed E-state index contributed by atoms with van der Waals surface area (Å²) in [5.41, 5.74) is 2.23. The van der Waals surface area contributed by atoms with Gasteiger partial charge in [-0.05, 0) is 94.7 Å². The molecule has 0 saturated carbocycles. The topological polar surface area (TPSA) is 73.8 Å². The fourth-order valence-electron chi connectivity index (χ4n) is 4.53. The standard InChI is InChI=1S/C26H33ClN4O3S2/c1-18-7-5-13-30(17-18)36(33,34)22-10-8-20(9-11-22)25(32)31(14-6-12-29(3)4)26-28-24-19(2)15-21(27)16-23(24)35-26/h8-11,15-16,18H,5-7,12-14,17H2,1-4H3. The van der Waals surface area contributed by atoms with Crippen molar-refractivity contribution in [2.45, 2.75) is 38.0 Å². The van der Waals surface area contributed by atoms with Gasteiger partial charge in [0.2, 0.25) is 10.0 Å². The Balaban J connectivity index is 1.62. The highest BCUT2D eigenvalue weighted by molar-refractivity contribution is 7.89. The smallest absolute Gasteiger partial charge is 0.260 e. The Morgan fingerprint density at radius 1 is 1.19 bits per heavy atom. The van der Waals surface area contributed by atoms with Gasteiger partial charge in [-0.2, -0.15) is 4.31 Å². The van der Waals surface area contributed by atoms with Crippen LogP contribution in [-0.2, 0) is 10.0 Å². The van der Waals surface area contributed by atoms with Crippen molar-refractivity contribution in [2.24, 2.45) is 5.92 Å². The zero-order chi connectivity index (χ0) is 26.0. The molecule has 194 valence electrons. The Kier molecular flexibility index (Phi) is 8.36. The Morgan fingerprint density at radius 3 is 2.58 bits per heavy atom. The summed E-state index contributed by atoms with van der Waals surface area (Å²) in [6.45, 7) is 6.42. The second-order valence-electron chi connectivity index (χ2n) is 9.81. The summed E-state index contributed by atoms with van der Waals surface area (Å²) in [6.07, 6.45) is 2.68. The summed E-state index contributed by atoms with van der Waals surface area (Å²) in [7, 11) is 0.415. The Bertz CT molecular complexity index is 1340. The number of rotatable bonds is 8. The van der Waals surface area contributed by atoms with E-state index in [1.54, 1.807) is 33.5 Å². The van der Waals surface area contributed by atoms with Crippen molar-refractivity contribution in [3.8, 4) is 0 Å². The number of hydrogen-bond donors (Lipinski definition) is 0. The van der Waals surface area contributed by atoms with Crippen LogP contribution >= 0.6 is 22.9 Å². The van der Waals surface area contributed by atoms with E-state index in [2.05, 4.69) is 11.8 Å². The third-order valence-corrected chi connectivity index (χ3v) is 9.58. The molecule has 0 N–H and O–H groups in total. The van der Waals surface area contributed by atoms with Crippen LogP contribution < -0.4 is 4.90 Å². The van der Waals surface area contributed by atoms with Crippen LogP contribution in [0, 0.1) is 12.8 Å². The number of hydrogen-bond acceptors (Lipinski definition) is 6. The first-order valence-electron chi connectivity index (χ1n) is 12.2. The molecule has 1 aromatic heterocycles. The molecule has 1 fully saturated rings. The first-order valence-corrected chi connectivity index (χ1v) is 14.8. The minimum Gasteiger partial charge on any atom is -0.309 e. The van der Waals surface area contributed by atoms with Gasteiger partial charge in [-0.25, -0.2) is 13.4 Å². The molecule has 1 atom stereocenters. The summed E-state index contributed by atoms with van der Waals surface area (Å²) in [6, 6.07) is 10.0. The normalized spacial score (nSPS) is 17.1. The zero-order valence-electron chi connectivity index (χ0n) is 21.2. The van der Waals surface area contributed by atoms with E-state index in [4.69, 9.17) is 16.6 Å². The molecule has 0 bridgehead atoms. The van der Waals surface area contributed by atoms with E-state index in [0.29, 0.717) is 41.3 Å². The highest BCUT2D eigenvalue weighted by atomic mass is 35.5. The predicted molar refractivity (Wildman–Crippen MR) is 148 cm³/mol. The van der Waals surface area contributed by atoms with Gasteiger partial charge in [-0.3, -0.25) is 9.69 Å². The molecular weight excluding hydrogens is 516 g/mol. The van der Waals surface area contributed by atoms with Gasteiger partial charge in [0.05, 0.1) is 15.1 Å². The maximum Gasteiger partial charge on any atom is 0.260 e. The molecule has 0 spiro atoms. The van der Waals surface area contributed by atoms with E-state index < -0.39 is 10.0 Å². The lowest BCUT2D eigenvalue weighted by Crippen LogP contribution is -2.39. The molecule has 0 aliphatic carbocycles. The summed E-state index contributed by atoms with van der Waals surface area (Å²) in [5, 5.41) is 1.25. The van der Waals surface area contributed by atoms with Crippen LogP contribution in [0.15, 0.2) is 41.3 Å². The van der Waals surface area contributed by atoms with Crippen molar-refractivity contribution in [3.63, 3.8) is 0 Å². The summed E-state index contributed by atoms with van der Waals surface area (Å²) in [4.78, 5) is 22.4. The van der Waals surface area contributed by atoms with Crippen molar-refractivity contribution >= 4 is 54.2 Å². The van der Waals surface area contributed by atoms with E-state index in [1.807, 2.05) is 33.2 Å². The van der Waals surface area contributed by atoms with Crippen LogP contribution in [0.25, 0.3) is 10.2 Å². The van der Waals surface area contributed by atoms with E-state index in [0.717, 1.165) is 41.6 Å². The van der Waals surface area contributed by atoms with Gasteiger partial charge < -0.3 is 4.90 Å². The van der Waals surface area contributed by atoms with Gasteiger partial charge in [-0.1, -0.05) is 29.9 Å². The van der Waals surface area contributed by atoms with Crippen LogP contribution in [0.2, 0.25) is 5.02 Å². The number of piperidine rings is 1. The van der Waals surface area contributed by atoms with Gasteiger partial charge in [0.15, 0.2) is 5.13 Å². The number of amides is 1. The van der Waals surface area contributed by atoms with Crippen molar-refractivity contribution in [3.05, 3.63) is 52.5 Å². The second kappa shape index (κ2) is 11.1. The number of fused-ring (bicyclic) bond motifs is 1. The van der Waals surface area contributed by atoms with Crippen molar-refractivity contribution in [1.82, 2.24) is 14.2 Å². The lowest BCUT2D eigenvalue weighted by Gasteiger charge is -2.30. The number of sulfonamides is 1. The van der Waals surface area contributed by atoms with Crippen LogP contribution in [0.1, 0.15) is 42.1 Å². The number of halogens is 1. The minimum atomic E-state index is -3.58. The number of benzene rings is 2. The fraction of sp³-hybridized carbons (Fsp3) is 0.462. The van der Waals surface area contributed by atoms with Gasteiger partial charge in [0.1, 0.15) is 0 Å². The van der Waals surface area contributed by atoms with Crippen molar-refractivity contribution < 1.29 is 13.2 Å². The zero-order valence-corrected chi connectivity index (χ0v) is 23.6. The first-order chi connectivity index (χ1) is 17.1. The van der Waals surface area contributed by atoms with E-state index >= 15 is 0 Å². The maximum atomic E-state index is 13.6. The van der Waals surface area contributed by atoms with Crippen LogP contribution in [0.3, 0.4) is 0 Å². The minimum absolute atomic E-state index is 0.202. The van der Waals surface area contributed by atoms with Crippen LogP contribution in [0.4, 0.5) is 5.13 Å². The van der Waals surface area contributed by atoms with Gasteiger partial charge >= 0.3 is 0 Å². The third kappa shape index (κ3) is 5.92. The molecule has 1 saturated heterocycles. The number of thiazole rings is 1. The molecule has 1 amide bonds. The van der Waals surface area contributed by atoms with E-state index in [-0.39, 0.29) is 10.8 Å². The quantitative estimate of drug-likeness (QED) is 0.383. The Hall–Kier alpha value is -2.04. The largest absolute Gasteiger partial charge is 0.309 e. The number of nitrogens with zero attached hydrogens (tertiary/aromatic N) is 4.